The number of rotatable bonds is 4. The molecule has 3 heteroatoms. The molecule has 1 fully saturated rings. The molecule has 0 aliphatic heterocycles. The van der Waals surface area contributed by atoms with E-state index in [1.807, 2.05) is 24.0 Å². The number of amides is 1. The van der Waals surface area contributed by atoms with E-state index >= 15 is 0 Å². The molecule has 1 amide bonds. The first-order valence-electron chi connectivity index (χ1n) is 5.90. The molecule has 1 saturated carbocycles. The lowest BCUT2D eigenvalue weighted by atomic mass is 10.2. The molecule has 0 unspecified atom stereocenters. The molecule has 3 nitrogen and oxygen atoms in total. The first-order valence-corrected chi connectivity index (χ1v) is 5.90. The van der Waals surface area contributed by atoms with Crippen LogP contribution in [-0.2, 0) is 11.3 Å². The van der Waals surface area contributed by atoms with Crippen LogP contribution in [0.2, 0.25) is 0 Å². The average Bonchev–Trinajstić information content (AvgIpc) is 3.04. The SMILES string of the molecule is CCN(Cc1ccncc1)C(=O)[C@H]1C[C@@H]1C. The Labute approximate surface area is 96.5 Å². The molecular formula is C13H18N2O. The Balaban J connectivity index is 1.98. The van der Waals surface area contributed by atoms with Crippen molar-refractivity contribution < 1.29 is 4.79 Å². The van der Waals surface area contributed by atoms with Crippen LogP contribution in [0.25, 0.3) is 0 Å². The van der Waals surface area contributed by atoms with E-state index in [-0.39, 0.29) is 5.92 Å². The maximum atomic E-state index is 12.1. The van der Waals surface area contributed by atoms with Gasteiger partial charge in [-0.25, -0.2) is 0 Å². The summed E-state index contributed by atoms with van der Waals surface area (Å²) in [5.74, 6) is 1.17. The number of carbonyl (C=O) groups excluding carboxylic acids is 1. The molecular weight excluding hydrogens is 200 g/mol. The molecule has 1 aromatic rings. The van der Waals surface area contributed by atoms with Gasteiger partial charge in [0, 0.05) is 31.4 Å². The van der Waals surface area contributed by atoms with E-state index in [0.29, 0.717) is 18.4 Å². The minimum Gasteiger partial charge on any atom is -0.338 e. The Kier molecular flexibility index (Phi) is 3.22. The Morgan fingerprint density at radius 2 is 2.12 bits per heavy atom. The lowest BCUT2D eigenvalue weighted by molar-refractivity contribution is -0.133. The van der Waals surface area contributed by atoms with Crippen LogP contribution in [0.15, 0.2) is 24.5 Å². The van der Waals surface area contributed by atoms with Crippen LogP contribution in [0.3, 0.4) is 0 Å². The number of hydrogen-bond acceptors (Lipinski definition) is 2. The summed E-state index contributed by atoms with van der Waals surface area (Å²) in [5.41, 5.74) is 1.15. The lowest BCUT2D eigenvalue weighted by Crippen LogP contribution is -2.31. The molecule has 1 aliphatic rings. The van der Waals surface area contributed by atoms with Crippen molar-refractivity contribution in [3.05, 3.63) is 30.1 Å². The van der Waals surface area contributed by atoms with Crippen molar-refractivity contribution in [1.82, 2.24) is 9.88 Å². The first-order chi connectivity index (χ1) is 7.72. The zero-order valence-corrected chi connectivity index (χ0v) is 9.89. The minimum atomic E-state index is 0.279. The summed E-state index contributed by atoms with van der Waals surface area (Å²) >= 11 is 0. The van der Waals surface area contributed by atoms with Gasteiger partial charge >= 0.3 is 0 Å². The summed E-state index contributed by atoms with van der Waals surface area (Å²) in [6, 6.07) is 3.93. The third-order valence-corrected chi connectivity index (χ3v) is 3.24. The Bertz CT molecular complexity index is 363. The molecule has 0 N–H and O–H groups in total. The third-order valence-electron chi connectivity index (χ3n) is 3.24. The predicted molar refractivity (Wildman–Crippen MR) is 62.6 cm³/mol. The van der Waals surface area contributed by atoms with Crippen molar-refractivity contribution in [2.75, 3.05) is 6.54 Å². The maximum absolute atomic E-state index is 12.1. The summed E-state index contributed by atoms with van der Waals surface area (Å²) in [4.78, 5) is 18.0. The van der Waals surface area contributed by atoms with E-state index in [9.17, 15) is 4.79 Å². The summed E-state index contributed by atoms with van der Waals surface area (Å²) in [6.07, 6.45) is 4.60. The summed E-state index contributed by atoms with van der Waals surface area (Å²) in [7, 11) is 0. The molecule has 1 heterocycles. The average molecular weight is 218 g/mol. The predicted octanol–water partition coefficient (Wildman–Crippen LogP) is 2.09. The standard InChI is InChI=1S/C13H18N2O/c1-3-15(13(16)12-8-10(12)2)9-11-4-6-14-7-5-11/h4-7,10,12H,3,8-9H2,1-2H3/t10-,12-/m0/s1. The maximum Gasteiger partial charge on any atom is 0.226 e. The van der Waals surface area contributed by atoms with Gasteiger partial charge in [0.05, 0.1) is 0 Å². The number of hydrogen-bond donors (Lipinski definition) is 0. The molecule has 0 spiro atoms. The monoisotopic (exact) mass is 218 g/mol. The van der Waals surface area contributed by atoms with Crippen LogP contribution in [0.4, 0.5) is 0 Å². The number of nitrogens with zero attached hydrogens (tertiary/aromatic N) is 2. The van der Waals surface area contributed by atoms with Crippen LogP contribution in [0, 0.1) is 11.8 Å². The van der Waals surface area contributed by atoms with Crippen LogP contribution in [0.1, 0.15) is 25.8 Å². The van der Waals surface area contributed by atoms with E-state index < -0.39 is 0 Å². The van der Waals surface area contributed by atoms with Gasteiger partial charge in [-0.2, -0.15) is 0 Å². The summed E-state index contributed by atoms with van der Waals surface area (Å²) in [6.45, 7) is 5.67. The second kappa shape index (κ2) is 4.64. The smallest absolute Gasteiger partial charge is 0.226 e. The van der Waals surface area contributed by atoms with Crippen molar-refractivity contribution in [3.63, 3.8) is 0 Å². The molecule has 0 aromatic carbocycles. The van der Waals surface area contributed by atoms with Gasteiger partial charge in [0.2, 0.25) is 5.91 Å². The van der Waals surface area contributed by atoms with Crippen LogP contribution in [-0.4, -0.2) is 22.3 Å². The van der Waals surface area contributed by atoms with Crippen LogP contribution >= 0.6 is 0 Å². The summed E-state index contributed by atoms with van der Waals surface area (Å²) in [5, 5.41) is 0. The molecule has 0 saturated heterocycles. The van der Waals surface area contributed by atoms with Crippen molar-refractivity contribution in [1.29, 1.82) is 0 Å². The van der Waals surface area contributed by atoms with Gasteiger partial charge in [-0.3, -0.25) is 9.78 Å². The number of aromatic nitrogens is 1. The van der Waals surface area contributed by atoms with E-state index in [1.165, 1.54) is 0 Å². The van der Waals surface area contributed by atoms with Gasteiger partial charge in [0.15, 0.2) is 0 Å². The van der Waals surface area contributed by atoms with Gasteiger partial charge in [-0.15, -0.1) is 0 Å². The second-order valence-electron chi connectivity index (χ2n) is 4.53. The van der Waals surface area contributed by atoms with Gasteiger partial charge in [0.25, 0.3) is 0 Å². The highest BCUT2D eigenvalue weighted by Gasteiger charge is 2.41. The van der Waals surface area contributed by atoms with Crippen molar-refractivity contribution >= 4 is 5.91 Å². The van der Waals surface area contributed by atoms with Crippen LogP contribution < -0.4 is 0 Å². The number of pyridine rings is 1. The molecule has 0 radical (unpaired) electrons. The highest BCUT2D eigenvalue weighted by molar-refractivity contribution is 5.81. The minimum absolute atomic E-state index is 0.279. The topological polar surface area (TPSA) is 33.2 Å². The van der Waals surface area contributed by atoms with Gasteiger partial charge in [-0.05, 0) is 37.0 Å². The second-order valence-corrected chi connectivity index (χ2v) is 4.53. The van der Waals surface area contributed by atoms with Crippen LogP contribution in [0.5, 0.6) is 0 Å². The first kappa shape index (κ1) is 11.1. The quantitative estimate of drug-likeness (QED) is 0.775. The van der Waals surface area contributed by atoms with Gasteiger partial charge in [0.1, 0.15) is 0 Å². The largest absolute Gasteiger partial charge is 0.338 e. The molecule has 0 bridgehead atoms. The fourth-order valence-electron chi connectivity index (χ4n) is 1.95. The molecule has 16 heavy (non-hydrogen) atoms. The molecule has 1 aliphatic carbocycles. The zero-order valence-electron chi connectivity index (χ0n) is 9.89. The molecule has 2 atom stereocenters. The van der Waals surface area contributed by atoms with Crippen molar-refractivity contribution in [2.45, 2.75) is 26.8 Å². The normalized spacial score (nSPS) is 22.9. The third kappa shape index (κ3) is 2.40. The Hall–Kier alpha value is -1.38. The Morgan fingerprint density at radius 1 is 1.50 bits per heavy atom. The Morgan fingerprint density at radius 3 is 2.62 bits per heavy atom. The highest BCUT2D eigenvalue weighted by Crippen LogP contribution is 2.39. The summed E-state index contributed by atoms with van der Waals surface area (Å²) < 4.78 is 0. The lowest BCUT2D eigenvalue weighted by Gasteiger charge is -2.21. The van der Waals surface area contributed by atoms with Crippen molar-refractivity contribution in [2.24, 2.45) is 11.8 Å². The van der Waals surface area contributed by atoms with Gasteiger partial charge < -0.3 is 4.90 Å². The van der Waals surface area contributed by atoms with E-state index in [0.717, 1.165) is 18.5 Å². The molecule has 2 rings (SSSR count). The number of carbonyl (C=O) groups is 1. The van der Waals surface area contributed by atoms with Gasteiger partial charge in [-0.1, -0.05) is 6.92 Å². The van der Waals surface area contributed by atoms with E-state index in [2.05, 4.69) is 11.9 Å². The zero-order chi connectivity index (χ0) is 11.5. The fourth-order valence-corrected chi connectivity index (χ4v) is 1.95. The molecule has 86 valence electrons. The molecule has 1 aromatic heterocycles. The fraction of sp³-hybridized carbons (Fsp3) is 0.538. The van der Waals surface area contributed by atoms with Crippen molar-refractivity contribution in [3.8, 4) is 0 Å². The van der Waals surface area contributed by atoms with E-state index in [4.69, 9.17) is 0 Å². The highest BCUT2D eigenvalue weighted by atomic mass is 16.2. The van der Waals surface area contributed by atoms with E-state index in [1.54, 1.807) is 12.4 Å².